The molecular weight excluding hydrogens is 282 g/mol. The molecule has 0 fully saturated rings. The molecule has 108 valence electrons. The quantitative estimate of drug-likeness (QED) is 0.695. The molecule has 0 spiro atoms. The summed E-state index contributed by atoms with van der Waals surface area (Å²) in [6.45, 7) is 1.44. The second kappa shape index (κ2) is 5.66. The fourth-order valence-electron chi connectivity index (χ4n) is 1.86. The van der Waals surface area contributed by atoms with Crippen molar-refractivity contribution in [3.63, 3.8) is 0 Å². The highest BCUT2D eigenvalue weighted by Gasteiger charge is 2.20. The molecule has 2 aromatic rings. The van der Waals surface area contributed by atoms with Gasteiger partial charge in [0.2, 0.25) is 0 Å². The van der Waals surface area contributed by atoms with E-state index in [1.807, 2.05) is 0 Å². The van der Waals surface area contributed by atoms with E-state index in [-0.39, 0.29) is 16.9 Å². The maximum atomic E-state index is 13.5. The summed E-state index contributed by atoms with van der Waals surface area (Å²) < 4.78 is 27.0. The number of rotatable bonds is 3. The van der Waals surface area contributed by atoms with E-state index in [1.165, 1.54) is 25.1 Å². The first-order chi connectivity index (χ1) is 9.91. The molecule has 0 atom stereocenters. The summed E-state index contributed by atoms with van der Waals surface area (Å²) in [4.78, 5) is 22.1. The smallest absolute Gasteiger partial charge is 0.274 e. The van der Waals surface area contributed by atoms with Gasteiger partial charge >= 0.3 is 0 Å². The minimum absolute atomic E-state index is 0.122. The average molecular weight is 292 g/mol. The van der Waals surface area contributed by atoms with Crippen LogP contribution in [0.3, 0.4) is 0 Å². The first-order valence-electron chi connectivity index (χ1n) is 5.91. The predicted octanol–water partition coefficient (Wildman–Crippen LogP) is 3.43. The Kier molecular flexibility index (Phi) is 3.93. The Hall–Kier alpha value is -2.83. The zero-order valence-electron chi connectivity index (χ0n) is 10.9. The van der Waals surface area contributed by atoms with Crippen molar-refractivity contribution in [1.29, 1.82) is 0 Å². The van der Waals surface area contributed by atoms with E-state index in [2.05, 4.69) is 5.32 Å². The van der Waals surface area contributed by atoms with Gasteiger partial charge in [0, 0.05) is 6.07 Å². The number of nitro groups is 1. The van der Waals surface area contributed by atoms with E-state index < -0.39 is 28.0 Å². The molecule has 2 aromatic carbocycles. The van der Waals surface area contributed by atoms with Crippen LogP contribution < -0.4 is 5.32 Å². The van der Waals surface area contributed by atoms with Gasteiger partial charge in [0.1, 0.15) is 17.2 Å². The Labute approximate surface area is 118 Å². The molecule has 5 nitrogen and oxygen atoms in total. The Morgan fingerprint density at radius 3 is 2.29 bits per heavy atom. The van der Waals surface area contributed by atoms with Gasteiger partial charge in [0.15, 0.2) is 0 Å². The zero-order chi connectivity index (χ0) is 15.6. The number of hydrogen-bond acceptors (Lipinski definition) is 3. The van der Waals surface area contributed by atoms with Gasteiger partial charge in [-0.15, -0.1) is 0 Å². The van der Waals surface area contributed by atoms with Crippen LogP contribution in [0.15, 0.2) is 36.4 Å². The van der Waals surface area contributed by atoms with E-state index in [4.69, 9.17) is 0 Å². The molecule has 1 amide bonds. The highest BCUT2D eigenvalue weighted by molar-refractivity contribution is 6.05. The first kappa shape index (κ1) is 14.6. The first-order valence-corrected chi connectivity index (χ1v) is 5.91. The molecule has 21 heavy (non-hydrogen) atoms. The lowest BCUT2D eigenvalue weighted by Crippen LogP contribution is -2.16. The number of nitro benzene ring substituents is 1. The molecule has 0 aliphatic carbocycles. The number of carbonyl (C=O) groups is 1. The van der Waals surface area contributed by atoms with Crippen molar-refractivity contribution in [1.82, 2.24) is 0 Å². The summed E-state index contributed by atoms with van der Waals surface area (Å²) in [6, 6.07) is 7.11. The Morgan fingerprint density at radius 2 is 1.71 bits per heavy atom. The second-order valence-electron chi connectivity index (χ2n) is 4.26. The van der Waals surface area contributed by atoms with Crippen LogP contribution in [0.1, 0.15) is 15.9 Å². The monoisotopic (exact) mass is 292 g/mol. The third kappa shape index (κ3) is 2.86. The Balaban J connectivity index is 2.37. The lowest BCUT2D eigenvalue weighted by Gasteiger charge is -2.09. The van der Waals surface area contributed by atoms with E-state index in [0.717, 1.165) is 18.2 Å². The van der Waals surface area contributed by atoms with Gasteiger partial charge in [0.05, 0.1) is 16.2 Å². The van der Waals surface area contributed by atoms with Gasteiger partial charge in [-0.25, -0.2) is 8.78 Å². The van der Waals surface area contributed by atoms with Gasteiger partial charge in [-0.1, -0.05) is 12.1 Å². The Morgan fingerprint density at radius 1 is 1.14 bits per heavy atom. The van der Waals surface area contributed by atoms with Crippen molar-refractivity contribution in [2.24, 2.45) is 0 Å². The van der Waals surface area contributed by atoms with Crippen LogP contribution in [0, 0.1) is 28.7 Å². The van der Waals surface area contributed by atoms with Crippen molar-refractivity contribution in [2.45, 2.75) is 6.92 Å². The maximum Gasteiger partial charge on any atom is 0.274 e. The summed E-state index contributed by atoms with van der Waals surface area (Å²) in [5, 5.41) is 13.1. The topological polar surface area (TPSA) is 72.2 Å². The molecule has 7 heteroatoms. The number of benzene rings is 2. The van der Waals surface area contributed by atoms with Crippen LogP contribution in [0.4, 0.5) is 20.2 Å². The molecule has 0 aromatic heterocycles. The van der Waals surface area contributed by atoms with Crippen LogP contribution >= 0.6 is 0 Å². The molecule has 0 heterocycles. The molecule has 0 aliphatic rings. The SMILES string of the molecule is Cc1c(NC(=O)c2c(F)cccc2F)cccc1[N+](=O)[O-]. The molecule has 0 aliphatic heterocycles. The lowest BCUT2D eigenvalue weighted by molar-refractivity contribution is -0.385. The molecule has 1 N–H and O–H groups in total. The largest absolute Gasteiger partial charge is 0.321 e. The molecule has 0 unspecified atom stereocenters. The van der Waals surface area contributed by atoms with Gasteiger partial charge in [-0.2, -0.15) is 0 Å². The van der Waals surface area contributed by atoms with E-state index >= 15 is 0 Å². The minimum atomic E-state index is -1.01. The predicted molar refractivity (Wildman–Crippen MR) is 72.1 cm³/mol. The third-order valence-corrected chi connectivity index (χ3v) is 2.94. The van der Waals surface area contributed by atoms with Crippen LogP contribution in [0.25, 0.3) is 0 Å². The molecular formula is C14H10F2N2O3. The highest BCUT2D eigenvalue weighted by Crippen LogP contribution is 2.26. The normalized spacial score (nSPS) is 10.2. The maximum absolute atomic E-state index is 13.5. The number of anilines is 1. The number of nitrogens with one attached hydrogen (secondary N) is 1. The van der Waals surface area contributed by atoms with Gasteiger partial charge in [0.25, 0.3) is 11.6 Å². The highest BCUT2D eigenvalue weighted by atomic mass is 19.1. The number of amides is 1. The fourth-order valence-corrected chi connectivity index (χ4v) is 1.86. The second-order valence-corrected chi connectivity index (χ2v) is 4.26. The van der Waals surface area contributed by atoms with E-state index in [9.17, 15) is 23.7 Å². The number of nitrogens with zero attached hydrogens (tertiary/aromatic N) is 1. The molecule has 0 bridgehead atoms. The van der Waals surface area contributed by atoms with Crippen LogP contribution in [0.2, 0.25) is 0 Å². The summed E-state index contributed by atoms with van der Waals surface area (Å²) in [6.07, 6.45) is 0. The van der Waals surface area contributed by atoms with Crippen molar-refractivity contribution in [2.75, 3.05) is 5.32 Å². The van der Waals surface area contributed by atoms with Gasteiger partial charge < -0.3 is 5.32 Å². The number of hydrogen-bond donors (Lipinski definition) is 1. The number of halogens is 2. The Bertz CT molecular complexity index is 712. The number of carbonyl (C=O) groups excluding carboxylic acids is 1. The molecule has 0 saturated heterocycles. The zero-order valence-corrected chi connectivity index (χ0v) is 10.9. The lowest BCUT2D eigenvalue weighted by atomic mass is 10.1. The van der Waals surface area contributed by atoms with E-state index in [0.29, 0.717) is 0 Å². The minimum Gasteiger partial charge on any atom is -0.321 e. The van der Waals surface area contributed by atoms with E-state index in [1.54, 1.807) is 0 Å². The van der Waals surface area contributed by atoms with Crippen molar-refractivity contribution < 1.29 is 18.5 Å². The van der Waals surface area contributed by atoms with Gasteiger partial charge in [-0.3, -0.25) is 14.9 Å². The fraction of sp³-hybridized carbons (Fsp3) is 0.0714. The summed E-state index contributed by atoms with van der Waals surface area (Å²) >= 11 is 0. The standard InChI is InChI=1S/C14H10F2N2O3/c1-8-11(6-3-7-12(8)18(20)21)17-14(19)13-9(15)4-2-5-10(13)16/h2-7H,1H3,(H,17,19). The molecule has 2 rings (SSSR count). The summed E-state index contributed by atoms with van der Waals surface area (Å²) in [5.74, 6) is -3.01. The summed E-state index contributed by atoms with van der Waals surface area (Å²) in [5.41, 5.74) is -0.602. The molecule has 0 radical (unpaired) electrons. The van der Waals surface area contributed by atoms with Crippen molar-refractivity contribution >= 4 is 17.3 Å². The molecule has 0 saturated carbocycles. The van der Waals surface area contributed by atoms with Crippen LogP contribution in [-0.2, 0) is 0 Å². The van der Waals surface area contributed by atoms with Crippen LogP contribution in [0.5, 0.6) is 0 Å². The van der Waals surface area contributed by atoms with Crippen LogP contribution in [-0.4, -0.2) is 10.8 Å². The third-order valence-electron chi connectivity index (χ3n) is 2.94. The summed E-state index contributed by atoms with van der Waals surface area (Å²) in [7, 11) is 0. The average Bonchev–Trinajstić information content (AvgIpc) is 2.40. The van der Waals surface area contributed by atoms with Crippen molar-refractivity contribution in [3.05, 3.63) is 69.3 Å². The van der Waals surface area contributed by atoms with Crippen molar-refractivity contribution in [3.8, 4) is 0 Å². The van der Waals surface area contributed by atoms with Gasteiger partial charge in [-0.05, 0) is 25.1 Å².